The van der Waals surface area contributed by atoms with Gasteiger partial charge < -0.3 is 10.4 Å². The fraction of sp³-hybridized carbons (Fsp3) is 0.188. The topological polar surface area (TPSA) is 109 Å². The van der Waals surface area contributed by atoms with Crippen LogP contribution in [0.15, 0.2) is 47.4 Å². The van der Waals surface area contributed by atoms with Crippen molar-refractivity contribution in [3.05, 3.63) is 59.2 Å². The third-order valence-electron chi connectivity index (χ3n) is 3.35. The number of benzene rings is 2. The highest BCUT2D eigenvalue weighted by Gasteiger charge is 2.11. The van der Waals surface area contributed by atoms with Crippen LogP contribution in [-0.4, -0.2) is 26.0 Å². The van der Waals surface area contributed by atoms with Gasteiger partial charge in [-0.1, -0.05) is 23.8 Å². The van der Waals surface area contributed by atoms with Gasteiger partial charge in [-0.3, -0.25) is 4.79 Å². The average molecular weight is 334 g/mol. The molecule has 0 spiro atoms. The number of nitrogens with one attached hydrogen (secondary N) is 1. The summed E-state index contributed by atoms with van der Waals surface area (Å²) in [6, 6.07) is 11.0. The Labute approximate surface area is 135 Å². The molecule has 7 heteroatoms. The highest BCUT2D eigenvalue weighted by molar-refractivity contribution is 7.89. The standard InChI is InChI=1S/C16H18N2O4S/c1-11-2-7-15(19)14(10-11)16(20)18-9-8-12-3-5-13(6-4-12)23(17,21)22/h2-7,10,19H,8-9H2,1H3,(H,18,20)(H2,17,21,22). The summed E-state index contributed by atoms with van der Waals surface area (Å²) in [6.45, 7) is 2.20. The monoisotopic (exact) mass is 334 g/mol. The Morgan fingerprint density at radius 2 is 1.83 bits per heavy atom. The van der Waals surface area contributed by atoms with Gasteiger partial charge in [0.05, 0.1) is 10.5 Å². The number of hydrogen-bond acceptors (Lipinski definition) is 4. The van der Waals surface area contributed by atoms with Crippen LogP contribution in [0.2, 0.25) is 0 Å². The first-order valence-electron chi connectivity index (χ1n) is 6.97. The lowest BCUT2D eigenvalue weighted by molar-refractivity contribution is 0.0951. The molecule has 0 saturated heterocycles. The first-order valence-corrected chi connectivity index (χ1v) is 8.51. The molecule has 2 aromatic rings. The molecule has 0 atom stereocenters. The third-order valence-corrected chi connectivity index (χ3v) is 4.28. The zero-order valence-electron chi connectivity index (χ0n) is 12.6. The molecule has 23 heavy (non-hydrogen) atoms. The predicted octanol–water partition coefficient (Wildman–Crippen LogP) is 1.32. The summed E-state index contributed by atoms with van der Waals surface area (Å²) in [4.78, 5) is 12.1. The van der Waals surface area contributed by atoms with Crippen LogP contribution in [0, 0.1) is 6.92 Å². The number of amides is 1. The third kappa shape index (κ3) is 4.54. The van der Waals surface area contributed by atoms with E-state index >= 15 is 0 Å². The molecule has 6 nitrogen and oxygen atoms in total. The lowest BCUT2D eigenvalue weighted by Crippen LogP contribution is -2.25. The summed E-state index contributed by atoms with van der Waals surface area (Å²) in [5.41, 5.74) is 1.98. The Bertz CT molecular complexity index is 814. The first kappa shape index (κ1) is 17.0. The Kier molecular flexibility index (Phi) is 5.02. The molecule has 0 bridgehead atoms. The Balaban J connectivity index is 1.94. The highest BCUT2D eigenvalue weighted by Crippen LogP contribution is 2.17. The summed E-state index contributed by atoms with van der Waals surface area (Å²) in [5, 5.41) is 17.4. The van der Waals surface area contributed by atoms with Gasteiger partial charge in [-0.05, 0) is 43.2 Å². The number of nitrogens with two attached hydrogens (primary N) is 1. The van der Waals surface area contributed by atoms with Crippen molar-refractivity contribution in [2.24, 2.45) is 5.14 Å². The Morgan fingerprint density at radius 1 is 1.17 bits per heavy atom. The molecule has 1 amide bonds. The van der Waals surface area contributed by atoms with Crippen molar-refractivity contribution in [3.63, 3.8) is 0 Å². The van der Waals surface area contributed by atoms with E-state index in [0.29, 0.717) is 13.0 Å². The van der Waals surface area contributed by atoms with Crippen LogP contribution in [-0.2, 0) is 16.4 Å². The van der Waals surface area contributed by atoms with E-state index in [-0.39, 0.29) is 22.1 Å². The summed E-state index contributed by atoms with van der Waals surface area (Å²) in [5.74, 6) is -0.419. The van der Waals surface area contributed by atoms with Gasteiger partial charge in [0.2, 0.25) is 10.0 Å². The minimum Gasteiger partial charge on any atom is -0.507 e. The molecule has 0 saturated carbocycles. The van der Waals surface area contributed by atoms with Crippen LogP contribution < -0.4 is 10.5 Å². The average Bonchev–Trinajstić information content (AvgIpc) is 2.49. The Hall–Kier alpha value is -2.38. The first-order chi connectivity index (χ1) is 10.8. The summed E-state index contributed by atoms with van der Waals surface area (Å²) in [6.07, 6.45) is 0.531. The van der Waals surface area contributed by atoms with Gasteiger partial charge in [-0.25, -0.2) is 13.6 Å². The second kappa shape index (κ2) is 6.80. The van der Waals surface area contributed by atoms with E-state index < -0.39 is 10.0 Å². The number of carbonyl (C=O) groups excluding carboxylic acids is 1. The number of hydrogen-bond donors (Lipinski definition) is 3. The fourth-order valence-corrected chi connectivity index (χ4v) is 2.61. The number of rotatable bonds is 5. The molecule has 0 aromatic heterocycles. The number of phenolic OH excluding ortho intramolecular Hbond substituents is 1. The minimum absolute atomic E-state index is 0.0509. The molecule has 0 aliphatic rings. The fourth-order valence-electron chi connectivity index (χ4n) is 2.09. The zero-order chi connectivity index (χ0) is 17.0. The van der Waals surface area contributed by atoms with E-state index in [4.69, 9.17) is 5.14 Å². The van der Waals surface area contributed by atoms with Crippen molar-refractivity contribution in [3.8, 4) is 5.75 Å². The molecule has 122 valence electrons. The van der Waals surface area contributed by atoms with Crippen LogP contribution in [0.4, 0.5) is 0 Å². The van der Waals surface area contributed by atoms with Crippen molar-refractivity contribution in [1.82, 2.24) is 5.32 Å². The van der Waals surface area contributed by atoms with Gasteiger partial charge in [0.25, 0.3) is 5.91 Å². The number of aryl methyl sites for hydroxylation is 1. The van der Waals surface area contributed by atoms with E-state index in [0.717, 1.165) is 11.1 Å². The van der Waals surface area contributed by atoms with Gasteiger partial charge in [-0.15, -0.1) is 0 Å². The predicted molar refractivity (Wildman–Crippen MR) is 86.7 cm³/mol. The highest BCUT2D eigenvalue weighted by atomic mass is 32.2. The number of primary sulfonamides is 1. The van der Waals surface area contributed by atoms with E-state index in [2.05, 4.69) is 5.32 Å². The maximum absolute atomic E-state index is 12.0. The zero-order valence-corrected chi connectivity index (χ0v) is 13.4. The SMILES string of the molecule is Cc1ccc(O)c(C(=O)NCCc2ccc(S(N)(=O)=O)cc2)c1. The summed E-state index contributed by atoms with van der Waals surface area (Å²) >= 11 is 0. The van der Waals surface area contributed by atoms with Crippen LogP contribution in [0.25, 0.3) is 0 Å². The number of phenols is 1. The maximum atomic E-state index is 12.0. The van der Waals surface area contributed by atoms with E-state index in [1.807, 2.05) is 6.92 Å². The molecule has 0 heterocycles. The van der Waals surface area contributed by atoms with Crippen LogP contribution in [0.5, 0.6) is 5.75 Å². The van der Waals surface area contributed by atoms with Crippen LogP contribution >= 0.6 is 0 Å². The number of carbonyl (C=O) groups is 1. The van der Waals surface area contributed by atoms with Crippen molar-refractivity contribution in [1.29, 1.82) is 0 Å². The van der Waals surface area contributed by atoms with Gasteiger partial charge in [-0.2, -0.15) is 0 Å². The van der Waals surface area contributed by atoms with Crippen LogP contribution in [0.3, 0.4) is 0 Å². The van der Waals surface area contributed by atoms with Crippen molar-refractivity contribution in [2.75, 3.05) is 6.54 Å². The molecule has 0 aliphatic carbocycles. The molecule has 4 N–H and O–H groups in total. The van der Waals surface area contributed by atoms with Crippen molar-refractivity contribution < 1.29 is 18.3 Å². The molecular formula is C16H18N2O4S. The smallest absolute Gasteiger partial charge is 0.255 e. The van der Waals surface area contributed by atoms with Gasteiger partial charge in [0, 0.05) is 6.54 Å². The maximum Gasteiger partial charge on any atom is 0.255 e. The number of aromatic hydroxyl groups is 1. The van der Waals surface area contributed by atoms with Crippen molar-refractivity contribution in [2.45, 2.75) is 18.2 Å². The Morgan fingerprint density at radius 3 is 2.43 bits per heavy atom. The van der Waals surface area contributed by atoms with Gasteiger partial charge in [0.1, 0.15) is 5.75 Å². The number of sulfonamides is 1. The molecule has 0 unspecified atom stereocenters. The molecule has 2 aromatic carbocycles. The van der Waals surface area contributed by atoms with Crippen molar-refractivity contribution >= 4 is 15.9 Å². The second-order valence-electron chi connectivity index (χ2n) is 5.22. The van der Waals surface area contributed by atoms with Gasteiger partial charge in [0.15, 0.2) is 0 Å². The largest absolute Gasteiger partial charge is 0.507 e. The quantitative estimate of drug-likeness (QED) is 0.766. The second-order valence-corrected chi connectivity index (χ2v) is 6.78. The minimum atomic E-state index is -3.70. The summed E-state index contributed by atoms with van der Waals surface area (Å²) < 4.78 is 22.3. The molecule has 0 aliphatic heterocycles. The van der Waals surface area contributed by atoms with E-state index in [1.165, 1.54) is 18.2 Å². The van der Waals surface area contributed by atoms with Gasteiger partial charge >= 0.3 is 0 Å². The van der Waals surface area contributed by atoms with E-state index in [9.17, 15) is 18.3 Å². The molecular weight excluding hydrogens is 316 g/mol. The lowest BCUT2D eigenvalue weighted by Gasteiger charge is -2.08. The molecule has 2 rings (SSSR count). The molecule has 0 fully saturated rings. The molecule has 0 radical (unpaired) electrons. The summed E-state index contributed by atoms with van der Waals surface area (Å²) in [7, 11) is -3.70. The lowest BCUT2D eigenvalue weighted by atomic mass is 10.1. The normalized spacial score (nSPS) is 11.2. The van der Waals surface area contributed by atoms with E-state index in [1.54, 1.807) is 24.3 Å². The van der Waals surface area contributed by atoms with Crippen LogP contribution in [0.1, 0.15) is 21.5 Å².